The van der Waals surface area contributed by atoms with Crippen LogP contribution < -0.4 is 11.1 Å². The first-order chi connectivity index (χ1) is 20.0. The van der Waals surface area contributed by atoms with E-state index in [-0.39, 0.29) is 24.4 Å². The van der Waals surface area contributed by atoms with Crippen LogP contribution in [0.5, 0.6) is 0 Å². The Kier molecular flexibility index (Phi) is 8.17. The smallest absolute Gasteiger partial charge is 0.297 e. The Hall–Kier alpha value is -3.17. The van der Waals surface area contributed by atoms with E-state index in [2.05, 4.69) is 15.6 Å². The molecule has 222 valence electrons. The van der Waals surface area contributed by atoms with E-state index in [1.54, 1.807) is 6.20 Å². The van der Waals surface area contributed by atoms with Gasteiger partial charge in [0.2, 0.25) is 0 Å². The number of oxime groups is 1. The maximum Gasteiger partial charge on any atom is 0.297 e. The lowest BCUT2D eigenvalue weighted by Gasteiger charge is -2.44. The van der Waals surface area contributed by atoms with Crippen molar-refractivity contribution in [1.82, 2.24) is 19.7 Å². The van der Waals surface area contributed by atoms with Gasteiger partial charge in [0.15, 0.2) is 5.65 Å². The van der Waals surface area contributed by atoms with Crippen LogP contribution in [0, 0.1) is 0 Å². The summed E-state index contributed by atoms with van der Waals surface area (Å²) in [6, 6.07) is 0.561. The van der Waals surface area contributed by atoms with Gasteiger partial charge in [-0.3, -0.25) is 9.59 Å². The van der Waals surface area contributed by atoms with Gasteiger partial charge in [0.25, 0.3) is 17.4 Å². The first-order valence-electron chi connectivity index (χ1n) is 16.0. The van der Waals surface area contributed by atoms with Crippen molar-refractivity contribution in [3.8, 4) is 0 Å². The van der Waals surface area contributed by atoms with Crippen molar-refractivity contribution >= 4 is 34.2 Å². The largest absolute Gasteiger partial charge is 0.381 e. The van der Waals surface area contributed by atoms with Gasteiger partial charge >= 0.3 is 0 Å². The molecular weight excluding hydrogens is 518 g/mol. The van der Waals surface area contributed by atoms with Crippen LogP contribution in [0.2, 0.25) is 0 Å². The zero-order valence-corrected chi connectivity index (χ0v) is 24.4. The normalized spacial score (nSPS) is 24.7. The average Bonchev–Trinajstić information content (AvgIpc) is 3.65. The molecule has 3 fully saturated rings. The van der Waals surface area contributed by atoms with Crippen molar-refractivity contribution in [1.29, 1.82) is 0 Å². The molecule has 0 spiro atoms. The van der Waals surface area contributed by atoms with Gasteiger partial charge in [-0.05, 0) is 45.4 Å². The number of primary amides is 1. The van der Waals surface area contributed by atoms with Gasteiger partial charge in [-0.25, -0.2) is 9.67 Å². The minimum absolute atomic E-state index is 0.00551. The molecular formula is C31H45N7O3. The van der Waals surface area contributed by atoms with Crippen LogP contribution in [-0.2, 0) is 21.0 Å². The molecule has 2 aromatic rings. The highest BCUT2D eigenvalue weighted by atomic mass is 16.7. The zero-order valence-electron chi connectivity index (χ0n) is 24.4. The number of pyridine rings is 1. The highest BCUT2D eigenvalue weighted by Crippen LogP contribution is 2.38. The second-order valence-corrected chi connectivity index (χ2v) is 12.5. The standard InChI is InChI=1S/C31H45N7O3/c1-2-37-28-25(20-34-37)27(35-21-12-6-3-7-13-21)24(19-33-28)26-18-31(29(32)39,41-36-26)30(40)38(22-14-8-4-9-15-22)23-16-10-5-11-17-23/h19-23H,2-18H2,1H3,(H2,32,39)(H,33,35). The Labute approximate surface area is 242 Å². The van der Waals surface area contributed by atoms with Crippen LogP contribution >= 0.6 is 0 Å². The highest BCUT2D eigenvalue weighted by Gasteiger charge is 2.56. The third-order valence-corrected chi connectivity index (χ3v) is 9.87. The van der Waals surface area contributed by atoms with Gasteiger partial charge in [0, 0.05) is 36.4 Å². The molecule has 1 unspecified atom stereocenters. The van der Waals surface area contributed by atoms with Crippen molar-refractivity contribution in [2.24, 2.45) is 10.9 Å². The SMILES string of the molecule is CCn1ncc2c(NC3CCCCC3)c(C3=NOC(C(N)=O)(C(=O)N(C4CCCCC4)C4CCCCC4)C3)cnc21. The molecule has 1 aliphatic heterocycles. The number of aryl methyl sites for hydroxylation is 1. The lowest BCUT2D eigenvalue weighted by molar-refractivity contribution is -0.168. The van der Waals surface area contributed by atoms with Crippen molar-refractivity contribution < 1.29 is 14.4 Å². The molecule has 2 amide bonds. The van der Waals surface area contributed by atoms with E-state index >= 15 is 0 Å². The summed E-state index contributed by atoms with van der Waals surface area (Å²) in [4.78, 5) is 40.4. The molecule has 2 aromatic heterocycles. The molecule has 0 saturated heterocycles. The van der Waals surface area contributed by atoms with Gasteiger partial charge in [-0.1, -0.05) is 62.9 Å². The summed E-state index contributed by atoms with van der Waals surface area (Å²) in [5.41, 5.74) is 7.17. The zero-order chi connectivity index (χ0) is 28.4. The fourth-order valence-electron chi connectivity index (χ4n) is 7.57. The van der Waals surface area contributed by atoms with Crippen LogP contribution in [0.25, 0.3) is 11.0 Å². The molecule has 3 N–H and O–H groups in total. The molecule has 1 atom stereocenters. The lowest BCUT2D eigenvalue weighted by Crippen LogP contribution is -2.62. The van der Waals surface area contributed by atoms with Gasteiger partial charge in [-0.15, -0.1) is 0 Å². The molecule has 10 heteroatoms. The first-order valence-corrected chi connectivity index (χ1v) is 16.0. The number of aromatic nitrogens is 3. The van der Waals surface area contributed by atoms with Crippen molar-refractivity contribution in [3.05, 3.63) is 18.0 Å². The molecule has 3 aliphatic carbocycles. The summed E-state index contributed by atoms with van der Waals surface area (Å²) in [6.45, 7) is 2.75. The van der Waals surface area contributed by atoms with Gasteiger partial charge in [-0.2, -0.15) is 5.10 Å². The van der Waals surface area contributed by atoms with Crippen LogP contribution in [0.15, 0.2) is 17.5 Å². The third-order valence-electron chi connectivity index (χ3n) is 9.87. The maximum absolute atomic E-state index is 14.5. The monoisotopic (exact) mass is 563 g/mol. The Morgan fingerprint density at radius 2 is 1.59 bits per heavy atom. The van der Waals surface area contributed by atoms with Crippen LogP contribution in [0.4, 0.5) is 5.69 Å². The molecule has 0 radical (unpaired) electrons. The second-order valence-electron chi connectivity index (χ2n) is 12.5. The number of nitrogens with two attached hydrogens (primary N) is 1. The number of carbonyl (C=O) groups is 2. The van der Waals surface area contributed by atoms with Gasteiger partial charge in [0.1, 0.15) is 0 Å². The Morgan fingerprint density at radius 1 is 0.976 bits per heavy atom. The predicted octanol–water partition coefficient (Wildman–Crippen LogP) is 5.04. The number of fused-ring (bicyclic) bond motifs is 1. The van der Waals surface area contributed by atoms with E-state index in [1.165, 1.54) is 32.1 Å². The van der Waals surface area contributed by atoms with Crippen LogP contribution in [-0.4, -0.2) is 60.9 Å². The Balaban J connectivity index is 1.34. The quantitative estimate of drug-likeness (QED) is 0.433. The predicted molar refractivity (Wildman–Crippen MR) is 158 cm³/mol. The van der Waals surface area contributed by atoms with Gasteiger partial charge in [0.05, 0.1) is 29.4 Å². The van der Waals surface area contributed by atoms with Crippen molar-refractivity contribution in [2.75, 3.05) is 5.32 Å². The number of hydrogen-bond donors (Lipinski definition) is 2. The van der Waals surface area contributed by atoms with Crippen molar-refractivity contribution in [3.63, 3.8) is 0 Å². The Bertz CT molecular complexity index is 1270. The molecule has 10 nitrogen and oxygen atoms in total. The number of hydrogen-bond acceptors (Lipinski definition) is 7. The summed E-state index contributed by atoms with van der Waals surface area (Å²) in [5.74, 6) is -1.08. The van der Waals surface area contributed by atoms with E-state index < -0.39 is 11.5 Å². The van der Waals surface area contributed by atoms with E-state index in [9.17, 15) is 9.59 Å². The summed E-state index contributed by atoms with van der Waals surface area (Å²) in [7, 11) is 0. The first kappa shape index (κ1) is 28.0. The number of nitrogens with zero attached hydrogens (tertiary/aromatic N) is 5. The molecule has 6 rings (SSSR count). The van der Waals surface area contributed by atoms with E-state index in [4.69, 9.17) is 15.6 Å². The number of nitrogens with one attached hydrogen (secondary N) is 1. The topological polar surface area (TPSA) is 128 Å². The molecule has 0 aromatic carbocycles. The second kappa shape index (κ2) is 12.0. The minimum atomic E-state index is -1.84. The lowest BCUT2D eigenvalue weighted by atomic mass is 9.85. The number of anilines is 1. The fraction of sp³-hybridized carbons (Fsp3) is 0.710. The van der Waals surface area contributed by atoms with E-state index in [1.807, 2.05) is 22.7 Å². The van der Waals surface area contributed by atoms with Crippen LogP contribution in [0.3, 0.4) is 0 Å². The fourth-order valence-corrected chi connectivity index (χ4v) is 7.57. The molecule has 4 aliphatic rings. The molecule has 41 heavy (non-hydrogen) atoms. The number of carbonyl (C=O) groups excluding carboxylic acids is 2. The molecule has 3 heterocycles. The Morgan fingerprint density at radius 3 is 2.17 bits per heavy atom. The van der Waals surface area contributed by atoms with Crippen LogP contribution in [0.1, 0.15) is 115 Å². The molecule has 0 bridgehead atoms. The highest BCUT2D eigenvalue weighted by molar-refractivity contribution is 6.18. The maximum atomic E-state index is 14.5. The average molecular weight is 564 g/mol. The van der Waals surface area contributed by atoms with E-state index in [0.717, 1.165) is 86.5 Å². The van der Waals surface area contributed by atoms with E-state index in [0.29, 0.717) is 18.3 Å². The summed E-state index contributed by atoms with van der Waals surface area (Å²) >= 11 is 0. The summed E-state index contributed by atoms with van der Waals surface area (Å²) in [6.07, 6.45) is 20.1. The summed E-state index contributed by atoms with van der Waals surface area (Å²) < 4.78 is 1.88. The number of amides is 2. The van der Waals surface area contributed by atoms with Crippen molar-refractivity contribution in [2.45, 2.75) is 140 Å². The molecule has 3 saturated carbocycles. The third kappa shape index (κ3) is 5.30. The summed E-state index contributed by atoms with van der Waals surface area (Å²) in [5, 5.41) is 13.7. The minimum Gasteiger partial charge on any atom is -0.381 e. The van der Waals surface area contributed by atoms with Gasteiger partial charge < -0.3 is 20.8 Å². The number of rotatable bonds is 8.